The van der Waals surface area contributed by atoms with Crippen molar-refractivity contribution in [3.63, 3.8) is 0 Å². The fraction of sp³-hybridized carbons (Fsp3) is 0.526. The molecule has 114 valence electrons. The fourth-order valence-corrected chi connectivity index (χ4v) is 3.06. The third kappa shape index (κ3) is 3.82. The number of benzene rings is 1. The molecule has 0 aliphatic heterocycles. The summed E-state index contributed by atoms with van der Waals surface area (Å²) in [6.45, 7) is 9.92. The van der Waals surface area contributed by atoms with Gasteiger partial charge in [0.2, 0.25) is 0 Å². The fourth-order valence-electron chi connectivity index (χ4n) is 3.06. The van der Waals surface area contributed by atoms with Crippen molar-refractivity contribution in [1.29, 1.82) is 0 Å². The number of fused-ring (bicyclic) bond motifs is 1. The van der Waals surface area contributed by atoms with Crippen molar-refractivity contribution < 1.29 is 0 Å². The van der Waals surface area contributed by atoms with Crippen LogP contribution in [0.2, 0.25) is 0 Å². The molecule has 21 heavy (non-hydrogen) atoms. The van der Waals surface area contributed by atoms with E-state index in [4.69, 9.17) is 4.98 Å². The lowest BCUT2D eigenvalue weighted by atomic mass is 9.92. The molecule has 1 atom stereocenters. The van der Waals surface area contributed by atoms with Gasteiger partial charge in [0.15, 0.2) is 0 Å². The average Bonchev–Trinajstić information content (AvgIpc) is 2.51. The molecule has 1 N–H and O–H groups in total. The summed E-state index contributed by atoms with van der Waals surface area (Å²) in [5.41, 5.74) is 3.63. The second-order valence-corrected chi connectivity index (χ2v) is 5.91. The highest BCUT2D eigenvalue weighted by molar-refractivity contribution is 5.82. The van der Waals surface area contributed by atoms with Crippen LogP contribution >= 0.6 is 0 Å². The molecule has 0 aliphatic carbocycles. The Morgan fingerprint density at radius 1 is 1.10 bits per heavy atom. The highest BCUT2D eigenvalue weighted by atomic mass is 14.9. The molecule has 2 aromatic rings. The van der Waals surface area contributed by atoms with Gasteiger partial charge >= 0.3 is 0 Å². The van der Waals surface area contributed by atoms with Crippen molar-refractivity contribution in [2.24, 2.45) is 5.92 Å². The van der Waals surface area contributed by atoms with Gasteiger partial charge in [0.25, 0.3) is 0 Å². The van der Waals surface area contributed by atoms with Crippen molar-refractivity contribution in [2.75, 3.05) is 6.54 Å². The van der Waals surface area contributed by atoms with E-state index in [1.54, 1.807) is 0 Å². The van der Waals surface area contributed by atoms with Crippen LogP contribution < -0.4 is 5.32 Å². The number of para-hydroxylation sites is 1. The first-order valence-electron chi connectivity index (χ1n) is 8.29. The molecule has 0 radical (unpaired) electrons. The predicted molar refractivity (Wildman–Crippen MR) is 91.6 cm³/mol. The van der Waals surface area contributed by atoms with E-state index in [2.05, 4.69) is 63.3 Å². The summed E-state index contributed by atoms with van der Waals surface area (Å²) >= 11 is 0. The number of rotatable bonds is 7. The van der Waals surface area contributed by atoms with Gasteiger partial charge in [-0.25, -0.2) is 0 Å². The third-order valence-electron chi connectivity index (χ3n) is 4.47. The van der Waals surface area contributed by atoms with Crippen LogP contribution in [-0.2, 0) is 0 Å². The first-order chi connectivity index (χ1) is 10.2. The normalized spacial score (nSPS) is 13.0. The summed E-state index contributed by atoms with van der Waals surface area (Å²) in [4.78, 5) is 4.91. The quantitative estimate of drug-likeness (QED) is 0.772. The maximum atomic E-state index is 4.91. The van der Waals surface area contributed by atoms with Crippen molar-refractivity contribution >= 4 is 10.9 Å². The summed E-state index contributed by atoms with van der Waals surface area (Å²) in [6, 6.07) is 11.1. The Labute approximate surface area is 129 Å². The molecular formula is C19H28N2. The number of nitrogens with one attached hydrogen (secondary N) is 1. The lowest BCUT2D eigenvalue weighted by Gasteiger charge is -2.23. The van der Waals surface area contributed by atoms with Gasteiger partial charge in [0.1, 0.15) is 0 Å². The number of aryl methyl sites for hydroxylation is 1. The molecule has 2 heteroatoms. The van der Waals surface area contributed by atoms with Crippen LogP contribution in [0.5, 0.6) is 0 Å². The Hall–Kier alpha value is -1.41. The Kier molecular flexibility index (Phi) is 5.75. The zero-order valence-corrected chi connectivity index (χ0v) is 13.8. The molecule has 0 saturated heterocycles. The highest BCUT2D eigenvalue weighted by Gasteiger charge is 2.17. The van der Waals surface area contributed by atoms with E-state index in [1.165, 1.54) is 35.9 Å². The molecule has 1 unspecified atom stereocenters. The number of pyridine rings is 1. The average molecular weight is 284 g/mol. The smallest absolute Gasteiger partial charge is 0.0708 e. The van der Waals surface area contributed by atoms with Gasteiger partial charge in [-0.1, -0.05) is 51.8 Å². The molecule has 1 aromatic carbocycles. The maximum absolute atomic E-state index is 4.91. The first-order valence-corrected chi connectivity index (χ1v) is 8.29. The molecule has 0 spiro atoms. The topological polar surface area (TPSA) is 24.9 Å². The second-order valence-electron chi connectivity index (χ2n) is 5.91. The van der Waals surface area contributed by atoms with Crippen LogP contribution in [0.3, 0.4) is 0 Å². The van der Waals surface area contributed by atoms with Gasteiger partial charge < -0.3 is 5.32 Å². The minimum atomic E-state index is 0.364. The SMILES string of the molecule is CCNC(CC(CC)CC)c1cc(C)c2ccccc2n1. The molecule has 0 fully saturated rings. The number of hydrogen-bond acceptors (Lipinski definition) is 2. The molecule has 0 amide bonds. The summed E-state index contributed by atoms with van der Waals surface area (Å²) < 4.78 is 0. The number of hydrogen-bond donors (Lipinski definition) is 1. The van der Waals surface area contributed by atoms with Gasteiger partial charge in [-0.2, -0.15) is 0 Å². The van der Waals surface area contributed by atoms with E-state index < -0.39 is 0 Å². The Bertz CT molecular complexity index is 573. The first kappa shape index (κ1) is 16.0. The van der Waals surface area contributed by atoms with Crippen LogP contribution in [0, 0.1) is 12.8 Å². The molecule has 1 heterocycles. The van der Waals surface area contributed by atoms with Gasteiger partial charge in [-0.3, -0.25) is 4.98 Å². The maximum Gasteiger partial charge on any atom is 0.0708 e. The zero-order chi connectivity index (χ0) is 15.2. The van der Waals surface area contributed by atoms with Crippen LogP contribution in [0.4, 0.5) is 0 Å². The minimum Gasteiger partial charge on any atom is -0.309 e. The second kappa shape index (κ2) is 7.56. The van der Waals surface area contributed by atoms with Crippen LogP contribution in [0.25, 0.3) is 10.9 Å². The summed E-state index contributed by atoms with van der Waals surface area (Å²) in [7, 11) is 0. The molecule has 0 aliphatic rings. The van der Waals surface area contributed by atoms with E-state index in [0.717, 1.165) is 18.0 Å². The van der Waals surface area contributed by atoms with Gasteiger partial charge in [-0.15, -0.1) is 0 Å². The summed E-state index contributed by atoms with van der Waals surface area (Å²) in [5, 5.41) is 4.89. The van der Waals surface area contributed by atoms with E-state index in [9.17, 15) is 0 Å². The van der Waals surface area contributed by atoms with Gasteiger partial charge in [0, 0.05) is 11.4 Å². The minimum absolute atomic E-state index is 0.364. The summed E-state index contributed by atoms with van der Waals surface area (Å²) in [5.74, 6) is 0.766. The van der Waals surface area contributed by atoms with Crippen molar-refractivity contribution in [1.82, 2.24) is 10.3 Å². The molecule has 2 rings (SSSR count). The monoisotopic (exact) mass is 284 g/mol. The van der Waals surface area contributed by atoms with Crippen LogP contribution in [0.15, 0.2) is 30.3 Å². The Balaban J connectivity index is 2.35. The number of aromatic nitrogens is 1. The lowest BCUT2D eigenvalue weighted by molar-refractivity contribution is 0.371. The number of nitrogens with zero attached hydrogens (tertiary/aromatic N) is 1. The van der Waals surface area contributed by atoms with Gasteiger partial charge in [-0.05, 0) is 43.5 Å². The van der Waals surface area contributed by atoms with E-state index >= 15 is 0 Å². The third-order valence-corrected chi connectivity index (χ3v) is 4.47. The van der Waals surface area contributed by atoms with E-state index in [-0.39, 0.29) is 0 Å². The molecule has 0 saturated carbocycles. The van der Waals surface area contributed by atoms with Crippen molar-refractivity contribution in [2.45, 2.75) is 53.0 Å². The van der Waals surface area contributed by atoms with E-state index in [0.29, 0.717) is 6.04 Å². The molecule has 0 bridgehead atoms. The highest BCUT2D eigenvalue weighted by Crippen LogP contribution is 2.27. The zero-order valence-electron chi connectivity index (χ0n) is 13.8. The van der Waals surface area contributed by atoms with Crippen LogP contribution in [-0.4, -0.2) is 11.5 Å². The van der Waals surface area contributed by atoms with Gasteiger partial charge in [0.05, 0.1) is 11.2 Å². The van der Waals surface area contributed by atoms with E-state index in [1.807, 2.05) is 0 Å². The predicted octanol–water partition coefficient (Wildman–Crippen LogP) is 5.02. The Morgan fingerprint density at radius 3 is 2.48 bits per heavy atom. The Morgan fingerprint density at radius 2 is 1.81 bits per heavy atom. The van der Waals surface area contributed by atoms with Crippen molar-refractivity contribution in [3.8, 4) is 0 Å². The molecular weight excluding hydrogens is 256 g/mol. The largest absolute Gasteiger partial charge is 0.309 e. The molecule has 2 nitrogen and oxygen atoms in total. The van der Waals surface area contributed by atoms with Crippen molar-refractivity contribution in [3.05, 3.63) is 41.6 Å². The van der Waals surface area contributed by atoms with Crippen LogP contribution in [0.1, 0.15) is 57.3 Å². The summed E-state index contributed by atoms with van der Waals surface area (Å²) in [6.07, 6.45) is 3.65. The molecule has 1 aromatic heterocycles. The lowest BCUT2D eigenvalue weighted by Crippen LogP contribution is -2.24. The standard InChI is InChI=1S/C19H28N2/c1-5-15(6-2)13-18(20-7-3)19-12-14(4)16-10-8-9-11-17(16)21-19/h8-12,15,18,20H,5-7,13H2,1-4H3.